The molecule has 3 rings (SSSR count). The summed E-state index contributed by atoms with van der Waals surface area (Å²) in [4.78, 5) is 12.6. The number of nitrogens with zero attached hydrogens (tertiary/aromatic N) is 1. The summed E-state index contributed by atoms with van der Waals surface area (Å²) >= 11 is 9.24. The molecule has 0 heterocycles. The number of aryl methyl sites for hydroxylation is 1. The van der Waals surface area contributed by atoms with Gasteiger partial charge in [-0.15, -0.1) is 0 Å². The molecule has 0 aliphatic heterocycles. The van der Waals surface area contributed by atoms with E-state index in [2.05, 4.69) is 5.32 Å². The first-order valence-corrected chi connectivity index (χ1v) is 10.5. The summed E-state index contributed by atoms with van der Waals surface area (Å²) in [5.74, 6) is -0.0953. The highest BCUT2D eigenvalue weighted by Crippen LogP contribution is 2.37. The van der Waals surface area contributed by atoms with Gasteiger partial charge in [-0.2, -0.15) is 0 Å². The fourth-order valence-electron chi connectivity index (χ4n) is 2.75. The number of hydrogen-bond acceptors (Lipinski definition) is 4. The standard InChI is InChI=1S/C21H18Cl2N2O4S/c1-13-3-7-16(8-4-13)25(30(27)28)19-12-15(6-10-20(19)29-2)24-21(26)14-5-9-17(22)18(23)11-14/h3-12H,1-2H3,(H,24,26)(H,27,28)/p-1. The predicted molar refractivity (Wildman–Crippen MR) is 120 cm³/mol. The molecule has 6 nitrogen and oxygen atoms in total. The van der Waals surface area contributed by atoms with E-state index in [0.29, 0.717) is 27.7 Å². The van der Waals surface area contributed by atoms with Crippen molar-refractivity contribution in [3.05, 3.63) is 81.8 Å². The fraction of sp³-hybridized carbons (Fsp3) is 0.0952. The molecule has 0 aliphatic rings. The fourth-order valence-corrected chi connectivity index (χ4v) is 3.65. The minimum atomic E-state index is -2.63. The van der Waals surface area contributed by atoms with Crippen LogP contribution in [0.4, 0.5) is 17.1 Å². The molecular formula is C21H17Cl2N2O4S-. The summed E-state index contributed by atoms with van der Waals surface area (Å²) in [6.07, 6.45) is 0. The monoisotopic (exact) mass is 463 g/mol. The third-order valence-electron chi connectivity index (χ3n) is 4.25. The second kappa shape index (κ2) is 9.49. The first kappa shape index (κ1) is 22.1. The molecule has 9 heteroatoms. The van der Waals surface area contributed by atoms with E-state index < -0.39 is 17.2 Å². The minimum Gasteiger partial charge on any atom is -0.755 e. The Balaban J connectivity index is 1.97. The highest BCUT2D eigenvalue weighted by atomic mass is 35.5. The quantitative estimate of drug-likeness (QED) is 0.489. The molecule has 0 bridgehead atoms. The number of carbonyl (C=O) groups is 1. The first-order valence-electron chi connectivity index (χ1n) is 8.71. The maximum atomic E-state index is 12.6. The van der Waals surface area contributed by atoms with Crippen LogP contribution >= 0.6 is 23.2 Å². The maximum Gasteiger partial charge on any atom is 0.255 e. The molecule has 0 spiro atoms. The zero-order valence-electron chi connectivity index (χ0n) is 16.0. The topological polar surface area (TPSA) is 81.7 Å². The number of methoxy groups -OCH3 is 1. The van der Waals surface area contributed by atoms with E-state index in [1.54, 1.807) is 42.5 Å². The number of halogens is 2. The van der Waals surface area contributed by atoms with E-state index in [9.17, 15) is 13.6 Å². The summed E-state index contributed by atoms with van der Waals surface area (Å²) in [5.41, 5.74) is 2.36. The van der Waals surface area contributed by atoms with Gasteiger partial charge in [0.15, 0.2) is 0 Å². The van der Waals surface area contributed by atoms with Gasteiger partial charge in [-0.25, -0.2) is 0 Å². The predicted octanol–water partition coefficient (Wildman–Crippen LogP) is 5.49. The van der Waals surface area contributed by atoms with Crippen molar-refractivity contribution >= 4 is 57.4 Å². The Morgan fingerprint density at radius 3 is 2.33 bits per heavy atom. The summed E-state index contributed by atoms with van der Waals surface area (Å²) < 4.78 is 30.5. The molecule has 156 valence electrons. The third kappa shape index (κ3) is 4.94. The van der Waals surface area contributed by atoms with E-state index in [1.165, 1.54) is 25.3 Å². The summed E-state index contributed by atoms with van der Waals surface area (Å²) in [6, 6.07) is 16.2. The highest BCUT2D eigenvalue weighted by Gasteiger charge is 2.17. The smallest absolute Gasteiger partial charge is 0.255 e. The molecule has 1 amide bonds. The largest absolute Gasteiger partial charge is 0.755 e. The van der Waals surface area contributed by atoms with Crippen molar-refractivity contribution in [3.8, 4) is 5.75 Å². The SMILES string of the molecule is COc1ccc(NC(=O)c2ccc(Cl)c(Cl)c2)cc1N(c1ccc(C)cc1)S(=O)[O-]. The second-order valence-electron chi connectivity index (χ2n) is 6.32. The van der Waals surface area contributed by atoms with Crippen LogP contribution in [0.1, 0.15) is 15.9 Å². The zero-order chi connectivity index (χ0) is 21.8. The van der Waals surface area contributed by atoms with Crippen LogP contribution in [0.5, 0.6) is 5.75 Å². The van der Waals surface area contributed by atoms with E-state index in [4.69, 9.17) is 27.9 Å². The van der Waals surface area contributed by atoms with Gasteiger partial charge in [-0.3, -0.25) is 13.3 Å². The number of anilines is 3. The van der Waals surface area contributed by atoms with Gasteiger partial charge in [0.25, 0.3) is 5.91 Å². The number of carbonyl (C=O) groups excluding carboxylic acids is 1. The lowest BCUT2D eigenvalue weighted by atomic mass is 10.2. The van der Waals surface area contributed by atoms with Gasteiger partial charge in [0.05, 0.1) is 39.8 Å². The molecule has 0 aromatic heterocycles. The maximum absolute atomic E-state index is 12.6. The molecule has 0 saturated heterocycles. The van der Waals surface area contributed by atoms with E-state index in [1.807, 2.05) is 6.92 Å². The normalized spacial score (nSPS) is 11.6. The molecule has 1 unspecified atom stereocenters. The van der Waals surface area contributed by atoms with Crippen molar-refractivity contribution in [1.29, 1.82) is 0 Å². The number of benzene rings is 3. The lowest BCUT2D eigenvalue weighted by Gasteiger charge is -2.28. The summed E-state index contributed by atoms with van der Waals surface area (Å²) in [7, 11) is 1.44. The number of rotatable bonds is 6. The van der Waals surface area contributed by atoms with E-state index in [-0.39, 0.29) is 10.7 Å². The molecule has 0 radical (unpaired) electrons. The molecule has 1 N–H and O–H groups in total. The average Bonchev–Trinajstić information content (AvgIpc) is 2.71. The molecule has 30 heavy (non-hydrogen) atoms. The van der Waals surface area contributed by atoms with Crippen LogP contribution in [0.15, 0.2) is 60.7 Å². The molecule has 0 fully saturated rings. The van der Waals surface area contributed by atoms with Gasteiger partial charge in [-0.1, -0.05) is 40.9 Å². The Hall–Kier alpha value is -2.58. The van der Waals surface area contributed by atoms with Crippen LogP contribution in [0.25, 0.3) is 0 Å². The Morgan fingerprint density at radius 1 is 1.03 bits per heavy atom. The van der Waals surface area contributed by atoms with E-state index >= 15 is 0 Å². The number of hydrogen-bond donors (Lipinski definition) is 1. The van der Waals surface area contributed by atoms with Gasteiger partial charge in [0, 0.05) is 11.3 Å². The molecule has 0 aliphatic carbocycles. The third-order valence-corrected chi connectivity index (χ3v) is 5.70. The highest BCUT2D eigenvalue weighted by molar-refractivity contribution is 7.81. The summed E-state index contributed by atoms with van der Waals surface area (Å²) in [6.45, 7) is 1.90. The van der Waals surface area contributed by atoms with Crippen molar-refractivity contribution in [2.75, 3.05) is 16.7 Å². The Bertz CT molecular complexity index is 1110. The molecule has 3 aromatic rings. The van der Waals surface area contributed by atoms with Crippen LogP contribution in [0.2, 0.25) is 10.0 Å². The van der Waals surface area contributed by atoms with Crippen molar-refractivity contribution in [1.82, 2.24) is 0 Å². The van der Waals surface area contributed by atoms with Gasteiger partial charge < -0.3 is 14.6 Å². The molecule has 3 aromatic carbocycles. The van der Waals surface area contributed by atoms with Crippen LogP contribution in [0, 0.1) is 6.92 Å². The Morgan fingerprint density at radius 2 is 1.73 bits per heavy atom. The Labute approximate surface area is 186 Å². The van der Waals surface area contributed by atoms with Crippen molar-refractivity contribution in [3.63, 3.8) is 0 Å². The van der Waals surface area contributed by atoms with Crippen molar-refractivity contribution in [2.45, 2.75) is 6.92 Å². The first-order chi connectivity index (χ1) is 14.3. The Kier molecular flexibility index (Phi) is 6.99. The van der Waals surface area contributed by atoms with Gasteiger partial charge in [0.2, 0.25) is 0 Å². The van der Waals surface area contributed by atoms with Gasteiger partial charge >= 0.3 is 0 Å². The van der Waals surface area contributed by atoms with Crippen LogP contribution < -0.4 is 14.4 Å². The summed E-state index contributed by atoms with van der Waals surface area (Å²) in [5, 5.41) is 3.32. The lowest BCUT2D eigenvalue weighted by molar-refractivity contribution is 0.102. The number of ether oxygens (including phenoxy) is 1. The second-order valence-corrected chi connectivity index (χ2v) is 7.93. The lowest BCUT2D eigenvalue weighted by Crippen LogP contribution is -2.20. The van der Waals surface area contributed by atoms with Crippen LogP contribution in [-0.2, 0) is 11.3 Å². The van der Waals surface area contributed by atoms with Gasteiger partial charge in [-0.05, 0) is 55.5 Å². The molecule has 0 saturated carbocycles. The van der Waals surface area contributed by atoms with Crippen molar-refractivity contribution < 1.29 is 18.3 Å². The minimum absolute atomic E-state index is 0.252. The van der Waals surface area contributed by atoms with Crippen molar-refractivity contribution in [2.24, 2.45) is 0 Å². The molecule has 1 atom stereocenters. The van der Waals surface area contributed by atoms with Crippen LogP contribution in [-0.4, -0.2) is 21.8 Å². The average molecular weight is 464 g/mol. The molecular weight excluding hydrogens is 447 g/mol. The zero-order valence-corrected chi connectivity index (χ0v) is 18.3. The number of amides is 1. The van der Waals surface area contributed by atoms with Crippen LogP contribution in [0.3, 0.4) is 0 Å². The number of nitrogens with one attached hydrogen (secondary N) is 1. The van der Waals surface area contributed by atoms with E-state index in [0.717, 1.165) is 9.87 Å². The van der Waals surface area contributed by atoms with Gasteiger partial charge in [0.1, 0.15) is 5.75 Å².